The van der Waals surface area contributed by atoms with Crippen LogP contribution in [0.1, 0.15) is 29.8 Å². The summed E-state index contributed by atoms with van der Waals surface area (Å²) in [5, 5.41) is 0. The van der Waals surface area contributed by atoms with E-state index < -0.39 is 0 Å². The van der Waals surface area contributed by atoms with Gasteiger partial charge in [-0.2, -0.15) is 0 Å². The molecular weight excluding hydrogens is 284 g/mol. The third kappa shape index (κ3) is 3.39. The Labute approximate surface area is 131 Å². The van der Waals surface area contributed by atoms with E-state index in [0.717, 1.165) is 18.7 Å². The lowest BCUT2D eigenvalue weighted by atomic mass is 10.0. The van der Waals surface area contributed by atoms with Crippen LogP contribution in [0, 0.1) is 6.92 Å². The van der Waals surface area contributed by atoms with Crippen molar-refractivity contribution in [1.82, 2.24) is 14.8 Å². The third-order valence-electron chi connectivity index (χ3n) is 4.08. The summed E-state index contributed by atoms with van der Waals surface area (Å²) in [5.74, 6) is 0.0407. The van der Waals surface area contributed by atoms with Gasteiger partial charge in [-0.25, -0.2) is 0 Å². The van der Waals surface area contributed by atoms with Crippen LogP contribution in [0.5, 0.6) is 0 Å². The van der Waals surface area contributed by atoms with Gasteiger partial charge < -0.3 is 10.6 Å². The number of hydrogen-bond acceptors (Lipinski definition) is 4. The van der Waals surface area contributed by atoms with Crippen molar-refractivity contribution in [2.75, 3.05) is 26.2 Å². The van der Waals surface area contributed by atoms with E-state index in [1.807, 2.05) is 31.7 Å². The molecule has 0 unspecified atom stereocenters. The first-order valence-electron chi connectivity index (χ1n) is 7.08. The Hall–Kier alpha value is -1.53. The molecule has 6 heteroatoms. The van der Waals surface area contributed by atoms with Gasteiger partial charge in [-0.3, -0.25) is 14.7 Å². The monoisotopic (exact) mass is 306 g/mol. The molecule has 1 aliphatic heterocycles. The van der Waals surface area contributed by atoms with Gasteiger partial charge in [0.2, 0.25) is 0 Å². The highest BCUT2D eigenvalue weighted by Gasteiger charge is 2.33. The van der Waals surface area contributed by atoms with Crippen molar-refractivity contribution < 1.29 is 4.79 Å². The maximum absolute atomic E-state index is 12.5. The van der Waals surface area contributed by atoms with Crippen molar-refractivity contribution in [2.45, 2.75) is 26.3 Å². The second-order valence-corrected chi connectivity index (χ2v) is 6.39. The Morgan fingerprint density at radius 3 is 2.43 bits per heavy atom. The average molecular weight is 306 g/mol. The van der Waals surface area contributed by atoms with Crippen LogP contribution in [0.25, 0.3) is 0 Å². The number of pyridine rings is 1. The molecule has 0 aliphatic carbocycles. The summed E-state index contributed by atoms with van der Waals surface area (Å²) in [6, 6.07) is 1.88. The molecule has 1 fully saturated rings. The van der Waals surface area contributed by atoms with Crippen molar-refractivity contribution in [3.8, 4) is 0 Å². The average Bonchev–Trinajstić information content (AvgIpc) is 2.46. The Balaban J connectivity index is 2.01. The topological polar surface area (TPSA) is 62.5 Å². The fourth-order valence-electron chi connectivity index (χ4n) is 2.48. The highest BCUT2D eigenvalue weighted by atomic mass is 32.1. The molecule has 2 rings (SSSR count). The molecule has 2 N–H and O–H groups in total. The third-order valence-corrected chi connectivity index (χ3v) is 4.58. The largest absolute Gasteiger partial charge is 0.392 e. The van der Waals surface area contributed by atoms with E-state index in [-0.39, 0.29) is 11.4 Å². The number of carbonyl (C=O) groups excluding carboxylic acids is 1. The molecule has 2 heterocycles. The van der Waals surface area contributed by atoms with E-state index in [9.17, 15) is 4.79 Å². The lowest BCUT2D eigenvalue weighted by Gasteiger charge is -2.43. The van der Waals surface area contributed by atoms with Crippen LogP contribution < -0.4 is 5.73 Å². The first-order valence-corrected chi connectivity index (χ1v) is 7.49. The van der Waals surface area contributed by atoms with Gasteiger partial charge in [0.25, 0.3) is 5.91 Å². The normalized spacial score (nSPS) is 16.8. The minimum atomic E-state index is -0.310. The molecule has 0 aromatic carbocycles. The maximum atomic E-state index is 12.5. The summed E-state index contributed by atoms with van der Waals surface area (Å²) in [6.07, 6.45) is 3.38. The van der Waals surface area contributed by atoms with Crippen LogP contribution in [-0.2, 0) is 0 Å². The van der Waals surface area contributed by atoms with Crippen LogP contribution >= 0.6 is 12.2 Å². The van der Waals surface area contributed by atoms with Crippen molar-refractivity contribution in [3.05, 3.63) is 29.6 Å². The number of nitrogens with zero attached hydrogens (tertiary/aromatic N) is 3. The molecule has 21 heavy (non-hydrogen) atoms. The van der Waals surface area contributed by atoms with Crippen LogP contribution in [-0.4, -0.2) is 57.4 Å². The van der Waals surface area contributed by atoms with E-state index in [2.05, 4.69) is 9.88 Å². The van der Waals surface area contributed by atoms with Crippen LogP contribution in [0.4, 0.5) is 0 Å². The van der Waals surface area contributed by atoms with Gasteiger partial charge in [0, 0.05) is 38.6 Å². The van der Waals surface area contributed by atoms with Gasteiger partial charge in [0.15, 0.2) is 0 Å². The Bertz CT molecular complexity index is 550. The lowest BCUT2D eigenvalue weighted by Crippen LogP contribution is -2.59. The summed E-state index contributed by atoms with van der Waals surface area (Å²) in [5.41, 5.74) is 7.14. The van der Waals surface area contributed by atoms with E-state index in [1.54, 1.807) is 12.4 Å². The number of aryl methyl sites for hydroxylation is 1. The predicted octanol–water partition coefficient (Wildman–Crippen LogP) is 1.21. The number of aromatic nitrogens is 1. The van der Waals surface area contributed by atoms with E-state index in [4.69, 9.17) is 18.0 Å². The van der Waals surface area contributed by atoms with Crippen molar-refractivity contribution in [1.29, 1.82) is 0 Å². The maximum Gasteiger partial charge on any atom is 0.255 e. The van der Waals surface area contributed by atoms with Gasteiger partial charge in [0.1, 0.15) is 0 Å². The van der Waals surface area contributed by atoms with Crippen LogP contribution in [0.15, 0.2) is 18.5 Å². The van der Waals surface area contributed by atoms with Gasteiger partial charge in [0.05, 0.1) is 16.1 Å². The molecule has 1 aromatic heterocycles. The molecule has 114 valence electrons. The number of amides is 1. The number of carbonyl (C=O) groups is 1. The first kappa shape index (κ1) is 15.9. The SMILES string of the molecule is Cc1cncc(C(=O)N2CCN(C(C)(C)C(N)=S)CC2)c1. The van der Waals surface area contributed by atoms with E-state index in [0.29, 0.717) is 23.6 Å². The van der Waals surface area contributed by atoms with Gasteiger partial charge >= 0.3 is 0 Å². The summed E-state index contributed by atoms with van der Waals surface area (Å²) in [7, 11) is 0. The molecule has 1 aliphatic rings. The van der Waals surface area contributed by atoms with Crippen molar-refractivity contribution in [2.24, 2.45) is 5.73 Å². The molecular formula is C15H22N4OS. The van der Waals surface area contributed by atoms with Gasteiger partial charge in [-0.05, 0) is 32.4 Å². The lowest BCUT2D eigenvalue weighted by molar-refractivity contribution is 0.0539. The predicted molar refractivity (Wildman–Crippen MR) is 87.3 cm³/mol. The zero-order valence-electron chi connectivity index (χ0n) is 12.8. The fourth-order valence-corrected chi connectivity index (χ4v) is 2.61. The summed E-state index contributed by atoms with van der Waals surface area (Å²) in [4.78, 5) is 21.1. The molecule has 1 amide bonds. The quantitative estimate of drug-likeness (QED) is 0.851. The van der Waals surface area contributed by atoms with Crippen molar-refractivity contribution >= 4 is 23.1 Å². The molecule has 0 bridgehead atoms. The number of rotatable bonds is 3. The minimum Gasteiger partial charge on any atom is -0.392 e. The van der Waals surface area contributed by atoms with E-state index in [1.165, 1.54) is 0 Å². The second-order valence-electron chi connectivity index (χ2n) is 5.95. The van der Waals surface area contributed by atoms with Crippen molar-refractivity contribution in [3.63, 3.8) is 0 Å². The molecule has 5 nitrogen and oxygen atoms in total. The first-order chi connectivity index (χ1) is 9.82. The Kier molecular flexibility index (Phi) is 4.58. The summed E-state index contributed by atoms with van der Waals surface area (Å²) < 4.78 is 0. The number of hydrogen-bond donors (Lipinski definition) is 1. The number of piperazine rings is 1. The van der Waals surface area contributed by atoms with Gasteiger partial charge in [-0.1, -0.05) is 12.2 Å². The van der Waals surface area contributed by atoms with Crippen LogP contribution in [0.2, 0.25) is 0 Å². The van der Waals surface area contributed by atoms with E-state index >= 15 is 0 Å². The Morgan fingerprint density at radius 1 is 1.29 bits per heavy atom. The molecule has 1 aromatic rings. The molecule has 1 saturated heterocycles. The summed E-state index contributed by atoms with van der Waals surface area (Å²) >= 11 is 5.13. The fraction of sp³-hybridized carbons (Fsp3) is 0.533. The molecule has 0 spiro atoms. The zero-order chi connectivity index (χ0) is 15.6. The second kappa shape index (κ2) is 6.07. The molecule has 0 atom stereocenters. The Morgan fingerprint density at radius 2 is 1.90 bits per heavy atom. The highest BCUT2D eigenvalue weighted by Crippen LogP contribution is 2.18. The van der Waals surface area contributed by atoms with Crippen LogP contribution in [0.3, 0.4) is 0 Å². The van der Waals surface area contributed by atoms with Gasteiger partial charge in [-0.15, -0.1) is 0 Å². The molecule has 0 radical (unpaired) electrons. The smallest absolute Gasteiger partial charge is 0.255 e. The number of thiocarbonyl (C=S) groups is 1. The number of nitrogens with two attached hydrogens (primary N) is 1. The summed E-state index contributed by atoms with van der Waals surface area (Å²) in [6.45, 7) is 8.89. The molecule has 0 saturated carbocycles. The zero-order valence-corrected chi connectivity index (χ0v) is 13.6. The minimum absolute atomic E-state index is 0.0407. The highest BCUT2D eigenvalue weighted by molar-refractivity contribution is 7.80. The standard InChI is InChI=1S/C15H22N4OS/c1-11-8-12(10-17-9-11)13(20)18-4-6-19(7-5-18)15(2,3)14(16)21/h8-10H,4-7H2,1-3H3,(H2,16,21).